The molecule has 1 aromatic heterocycles. The van der Waals surface area contributed by atoms with Crippen LogP contribution >= 0.6 is 11.3 Å². The Balaban J connectivity index is 1.74. The molecule has 1 fully saturated rings. The molecular formula is C10H13NO2S. The minimum Gasteiger partial charge on any atom is -0.393 e. The molecule has 0 saturated heterocycles. The molecule has 4 heteroatoms. The molecule has 0 spiro atoms. The first-order chi connectivity index (χ1) is 6.75. The summed E-state index contributed by atoms with van der Waals surface area (Å²) in [6.07, 6.45) is 1.51. The van der Waals surface area contributed by atoms with E-state index in [0.29, 0.717) is 12.5 Å². The van der Waals surface area contributed by atoms with Crippen molar-refractivity contribution in [2.75, 3.05) is 6.54 Å². The van der Waals surface area contributed by atoms with Crippen LogP contribution in [0.1, 0.15) is 23.2 Å². The van der Waals surface area contributed by atoms with Gasteiger partial charge in [0, 0.05) is 17.5 Å². The molecule has 0 unspecified atom stereocenters. The summed E-state index contributed by atoms with van der Waals surface area (Å²) in [4.78, 5) is 11.5. The lowest BCUT2D eigenvalue weighted by Gasteiger charge is -2.31. The van der Waals surface area contributed by atoms with Crippen molar-refractivity contribution in [2.24, 2.45) is 5.92 Å². The predicted molar refractivity (Wildman–Crippen MR) is 55.4 cm³/mol. The number of nitrogens with one attached hydrogen (secondary N) is 1. The average Bonchev–Trinajstić information content (AvgIpc) is 2.62. The molecule has 1 heterocycles. The van der Waals surface area contributed by atoms with E-state index in [9.17, 15) is 4.79 Å². The molecule has 1 aliphatic carbocycles. The Bertz CT molecular complexity index is 304. The molecule has 0 bridgehead atoms. The molecule has 76 valence electrons. The normalized spacial score (nSPS) is 25.5. The molecular weight excluding hydrogens is 198 g/mol. The van der Waals surface area contributed by atoms with Crippen molar-refractivity contribution in [3.63, 3.8) is 0 Å². The van der Waals surface area contributed by atoms with E-state index in [0.717, 1.165) is 18.4 Å². The van der Waals surface area contributed by atoms with Crippen molar-refractivity contribution in [3.05, 3.63) is 22.4 Å². The SMILES string of the molecule is O=C(NCC1CC(O)C1)c1ccsc1. The van der Waals surface area contributed by atoms with Gasteiger partial charge in [-0.25, -0.2) is 0 Å². The van der Waals surface area contributed by atoms with E-state index in [1.54, 1.807) is 0 Å². The lowest BCUT2D eigenvalue weighted by atomic mass is 9.82. The van der Waals surface area contributed by atoms with E-state index >= 15 is 0 Å². The van der Waals surface area contributed by atoms with Crippen LogP contribution in [0.2, 0.25) is 0 Å². The molecule has 2 N–H and O–H groups in total. The van der Waals surface area contributed by atoms with Crippen molar-refractivity contribution >= 4 is 17.2 Å². The third kappa shape index (κ3) is 2.13. The number of aliphatic hydroxyl groups is 1. The fourth-order valence-corrected chi connectivity index (χ4v) is 2.24. The first-order valence-corrected chi connectivity index (χ1v) is 5.68. The number of rotatable bonds is 3. The Morgan fingerprint density at radius 1 is 1.64 bits per heavy atom. The fourth-order valence-electron chi connectivity index (χ4n) is 1.60. The number of hydrogen-bond donors (Lipinski definition) is 2. The Kier molecular flexibility index (Phi) is 2.84. The summed E-state index contributed by atoms with van der Waals surface area (Å²) in [6.45, 7) is 0.686. The van der Waals surface area contributed by atoms with Crippen LogP contribution in [0.25, 0.3) is 0 Å². The highest BCUT2D eigenvalue weighted by molar-refractivity contribution is 7.08. The van der Waals surface area contributed by atoms with Gasteiger partial charge in [-0.2, -0.15) is 11.3 Å². The fraction of sp³-hybridized carbons (Fsp3) is 0.500. The zero-order chi connectivity index (χ0) is 9.97. The van der Waals surface area contributed by atoms with Crippen LogP contribution in [-0.2, 0) is 0 Å². The van der Waals surface area contributed by atoms with Gasteiger partial charge in [0.2, 0.25) is 0 Å². The summed E-state index contributed by atoms with van der Waals surface area (Å²) in [6, 6.07) is 1.82. The van der Waals surface area contributed by atoms with E-state index in [4.69, 9.17) is 5.11 Å². The predicted octanol–water partition coefficient (Wildman–Crippen LogP) is 1.25. The Morgan fingerprint density at radius 3 is 3.00 bits per heavy atom. The first kappa shape index (κ1) is 9.68. The Labute approximate surface area is 86.8 Å². The van der Waals surface area contributed by atoms with Gasteiger partial charge >= 0.3 is 0 Å². The molecule has 0 radical (unpaired) electrons. The molecule has 2 rings (SSSR count). The second-order valence-corrected chi connectivity index (χ2v) is 4.49. The second-order valence-electron chi connectivity index (χ2n) is 3.71. The van der Waals surface area contributed by atoms with Crippen LogP contribution < -0.4 is 5.32 Å². The Morgan fingerprint density at radius 2 is 2.43 bits per heavy atom. The molecule has 14 heavy (non-hydrogen) atoms. The van der Waals surface area contributed by atoms with Gasteiger partial charge in [0.25, 0.3) is 5.91 Å². The van der Waals surface area contributed by atoms with Crippen molar-refractivity contribution in [1.82, 2.24) is 5.32 Å². The van der Waals surface area contributed by atoms with E-state index in [2.05, 4.69) is 5.32 Å². The minimum absolute atomic E-state index is 0.00682. The van der Waals surface area contributed by atoms with Gasteiger partial charge in [0.1, 0.15) is 0 Å². The number of thiophene rings is 1. The van der Waals surface area contributed by atoms with Crippen LogP contribution in [0.4, 0.5) is 0 Å². The molecule has 1 aromatic rings. The second kappa shape index (κ2) is 4.11. The average molecular weight is 211 g/mol. The summed E-state index contributed by atoms with van der Waals surface area (Å²) in [5, 5.41) is 15.6. The maximum Gasteiger partial charge on any atom is 0.252 e. The standard InChI is InChI=1S/C10H13NO2S/c12-9-3-7(4-9)5-11-10(13)8-1-2-14-6-8/h1-2,6-7,9,12H,3-5H2,(H,11,13). The van der Waals surface area contributed by atoms with E-state index in [-0.39, 0.29) is 12.0 Å². The number of hydrogen-bond acceptors (Lipinski definition) is 3. The molecule has 1 saturated carbocycles. The van der Waals surface area contributed by atoms with E-state index in [1.165, 1.54) is 11.3 Å². The molecule has 0 aromatic carbocycles. The van der Waals surface area contributed by atoms with Crippen LogP contribution in [0.5, 0.6) is 0 Å². The smallest absolute Gasteiger partial charge is 0.252 e. The molecule has 3 nitrogen and oxygen atoms in total. The largest absolute Gasteiger partial charge is 0.393 e. The first-order valence-electron chi connectivity index (χ1n) is 4.74. The van der Waals surface area contributed by atoms with Crippen molar-refractivity contribution < 1.29 is 9.90 Å². The third-order valence-electron chi connectivity index (χ3n) is 2.55. The number of amides is 1. The topological polar surface area (TPSA) is 49.3 Å². The van der Waals surface area contributed by atoms with Gasteiger partial charge in [-0.1, -0.05) is 0 Å². The molecule has 0 atom stereocenters. The summed E-state index contributed by atoms with van der Waals surface area (Å²) >= 11 is 1.52. The van der Waals surface area contributed by atoms with Crippen LogP contribution in [-0.4, -0.2) is 23.7 Å². The van der Waals surface area contributed by atoms with Crippen LogP contribution in [0, 0.1) is 5.92 Å². The Hall–Kier alpha value is -0.870. The van der Waals surface area contributed by atoms with Crippen LogP contribution in [0.15, 0.2) is 16.8 Å². The summed E-state index contributed by atoms with van der Waals surface area (Å²) in [7, 11) is 0. The van der Waals surface area contributed by atoms with Crippen LogP contribution in [0.3, 0.4) is 0 Å². The maximum atomic E-state index is 11.5. The number of carbonyl (C=O) groups is 1. The highest BCUT2D eigenvalue weighted by Gasteiger charge is 2.27. The van der Waals surface area contributed by atoms with Gasteiger partial charge < -0.3 is 10.4 Å². The maximum absolute atomic E-state index is 11.5. The van der Waals surface area contributed by atoms with Crippen molar-refractivity contribution in [1.29, 1.82) is 0 Å². The zero-order valence-electron chi connectivity index (χ0n) is 7.77. The summed E-state index contributed by atoms with van der Waals surface area (Å²) < 4.78 is 0. The van der Waals surface area contributed by atoms with E-state index < -0.39 is 0 Å². The summed E-state index contributed by atoms with van der Waals surface area (Å²) in [5.74, 6) is 0.459. The van der Waals surface area contributed by atoms with Gasteiger partial charge in [0.15, 0.2) is 0 Å². The zero-order valence-corrected chi connectivity index (χ0v) is 8.59. The lowest BCUT2D eigenvalue weighted by molar-refractivity contribution is 0.0420. The van der Waals surface area contributed by atoms with E-state index in [1.807, 2.05) is 16.8 Å². The van der Waals surface area contributed by atoms with Gasteiger partial charge in [0.05, 0.1) is 6.10 Å². The van der Waals surface area contributed by atoms with Crippen molar-refractivity contribution in [3.8, 4) is 0 Å². The molecule has 1 amide bonds. The monoisotopic (exact) mass is 211 g/mol. The van der Waals surface area contributed by atoms with Gasteiger partial charge in [-0.05, 0) is 30.2 Å². The van der Waals surface area contributed by atoms with Gasteiger partial charge in [-0.3, -0.25) is 4.79 Å². The number of aliphatic hydroxyl groups excluding tert-OH is 1. The highest BCUT2D eigenvalue weighted by Crippen LogP contribution is 2.26. The highest BCUT2D eigenvalue weighted by atomic mass is 32.1. The molecule has 0 aliphatic heterocycles. The minimum atomic E-state index is -0.141. The number of carbonyl (C=O) groups excluding carboxylic acids is 1. The van der Waals surface area contributed by atoms with Gasteiger partial charge in [-0.15, -0.1) is 0 Å². The lowest BCUT2D eigenvalue weighted by Crippen LogP contribution is -2.38. The third-order valence-corrected chi connectivity index (χ3v) is 3.23. The molecule has 1 aliphatic rings. The summed E-state index contributed by atoms with van der Waals surface area (Å²) in [5.41, 5.74) is 0.731. The van der Waals surface area contributed by atoms with Crippen molar-refractivity contribution in [2.45, 2.75) is 18.9 Å². The quantitative estimate of drug-likeness (QED) is 0.790.